The Balaban J connectivity index is 1.50. The van der Waals surface area contributed by atoms with Crippen LogP contribution in [-0.2, 0) is 20.9 Å². The molecule has 2 aliphatic rings. The molecule has 0 radical (unpaired) electrons. The topological polar surface area (TPSA) is 79.8 Å². The number of aromatic nitrogens is 1. The van der Waals surface area contributed by atoms with Gasteiger partial charge in [-0.25, -0.2) is 0 Å². The van der Waals surface area contributed by atoms with Crippen LogP contribution in [0, 0.1) is 13.8 Å². The molecule has 2 amide bonds. The third-order valence-electron chi connectivity index (χ3n) is 7.64. The molecule has 5 rings (SSSR count). The number of benzene rings is 2. The third kappa shape index (κ3) is 4.39. The van der Waals surface area contributed by atoms with E-state index in [-0.39, 0.29) is 24.3 Å². The molecule has 190 valence electrons. The second kappa shape index (κ2) is 9.81. The highest BCUT2D eigenvalue weighted by Crippen LogP contribution is 2.38. The minimum atomic E-state index is -0.579. The Morgan fingerprint density at radius 3 is 2.51 bits per heavy atom. The number of amides is 2. The van der Waals surface area contributed by atoms with Gasteiger partial charge >= 0.3 is 5.97 Å². The van der Waals surface area contributed by atoms with Crippen molar-refractivity contribution in [2.75, 3.05) is 7.11 Å². The molecule has 7 nitrogen and oxygen atoms in total. The second-order valence-corrected chi connectivity index (χ2v) is 10.0. The van der Waals surface area contributed by atoms with Crippen molar-refractivity contribution in [3.63, 3.8) is 0 Å². The summed E-state index contributed by atoms with van der Waals surface area (Å²) in [6, 6.07) is 14.3. The number of carbonyl (C=O) groups excluding carboxylic acids is 3. The molecule has 0 aliphatic carbocycles. The predicted octanol–water partition coefficient (Wildman–Crippen LogP) is 4.62. The van der Waals surface area contributed by atoms with Crippen molar-refractivity contribution in [2.45, 2.75) is 58.3 Å². The Morgan fingerprint density at radius 1 is 1.08 bits per heavy atom. The molecule has 3 atom stereocenters. The molecule has 1 fully saturated rings. The van der Waals surface area contributed by atoms with Gasteiger partial charge in [0.15, 0.2) is 0 Å². The van der Waals surface area contributed by atoms with Gasteiger partial charge in [0.1, 0.15) is 6.04 Å². The molecule has 7 heteroatoms. The van der Waals surface area contributed by atoms with Crippen molar-refractivity contribution in [1.29, 1.82) is 0 Å². The molecular weight excluding hydrogens is 466 g/mol. The predicted molar refractivity (Wildman–Crippen MR) is 140 cm³/mol. The van der Waals surface area contributed by atoms with Crippen molar-refractivity contribution in [2.24, 2.45) is 0 Å². The summed E-state index contributed by atoms with van der Waals surface area (Å²) in [5.74, 6) is -0.679. The molecule has 2 unspecified atom stereocenters. The largest absolute Gasteiger partial charge is 0.469 e. The van der Waals surface area contributed by atoms with E-state index in [1.165, 1.54) is 7.11 Å². The first-order valence-electron chi connectivity index (χ1n) is 12.6. The van der Waals surface area contributed by atoms with Crippen LogP contribution in [0.1, 0.15) is 58.4 Å². The summed E-state index contributed by atoms with van der Waals surface area (Å²) in [4.78, 5) is 47.5. The van der Waals surface area contributed by atoms with Gasteiger partial charge in [0, 0.05) is 36.1 Å². The van der Waals surface area contributed by atoms with Crippen molar-refractivity contribution in [3.8, 4) is 11.1 Å². The summed E-state index contributed by atoms with van der Waals surface area (Å²) >= 11 is 0. The molecular formula is C30H31N3O4. The summed E-state index contributed by atoms with van der Waals surface area (Å²) in [7, 11) is 1.35. The van der Waals surface area contributed by atoms with Crippen LogP contribution in [0.15, 0.2) is 60.9 Å². The number of nitrogens with zero attached hydrogens (tertiary/aromatic N) is 3. The zero-order chi connectivity index (χ0) is 26.3. The number of methoxy groups -OCH3 is 1. The number of pyridine rings is 1. The van der Waals surface area contributed by atoms with Crippen LogP contribution in [0.25, 0.3) is 11.1 Å². The van der Waals surface area contributed by atoms with Gasteiger partial charge in [-0.05, 0) is 67.1 Å². The SMILES string of the molecule is COC(=O)C[C@@H](c1cncc(-c2c(C)cccc2C)c1)N1C(=O)C(N2Cc3ccccc3C2=O)CC1C. The van der Waals surface area contributed by atoms with E-state index in [4.69, 9.17) is 4.74 Å². The Labute approximate surface area is 217 Å². The third-order valence-corrected chi connectivity index (χ3v) is 7.64. The Hall–Kier alpha value is -4.00. The number of ether oxygens (including phenoxy) is 1. The lowest BCUT2D eigenvalue weighted by Crippen LogP contribution is -2.44. The first kappa shape index (κ1) is 24.7. The number of fused-ring (bicyclic) bond motifs is 1. The molecule has 0 N–H and O–H groups in total. The fourth-order valence-electron chi connectivity index (χ4n) is 5.84. The van der Waals surface area contributed by atoms with Crippen molar-refractivity contribution < 1.29 is 19.1 Å². The maximum atomic E-state index is 13.9. The van der Waals surface area contributed by atoms with Crippen molar-refractivity contribution >= 4 is 17.8 Å². The smallest absolute Gasteiger partial charge is 0.307 e. The fraction of sp³-hybridized carbons (Fsp3) is 0.333. The highest BCUT2D eigenvalue weighted by molar-refractivity contribution is 6.01. The van der Waals surface area contributed by atoms with E-state index in [9.17, 15) is 14.4 Å². The molecule has 3 heterocycles. The Bertz CT molecular complexity index is 1360. The standard InChI is InChI=1S/C30H31N3O4/c1-18-8-7-9-19(2)28(18)23-13-22(15-31-16-23)25(14-27(34)37-4)33-20(3)12-26(30(33)36)32-17-21-10-5-6-11-24(21)29(32)35/h5-11,13,15-16,20,25-26H,12,14,17H2,1-4H3/t20?,25-,26?/m0/s1. The molecule has 37 heavy (non-hydrogen) atoms. The lowest BCUT2D eigenvalue weighted by molar-refractivity contribution is -0.144. The number of likely N-dealkylation sites (tertiary alicyclic amines) is 1. The zero-order valence-electron chi connectivity index (χ0n) is 21.6. The van der Waals surface area contributed by atoms with Gasteiger partial charge < -0.3 is 14.5 Å². The Morgan fingerprint density at radius 2 is 1.81 bits per heavy atom. The maximum absolute atomic E-state index is 13.9. The fourth-order valence-corrected chi connectivity index (χ4v) is 5.84. The minimum absolute atomic E-state index is 0.00532. The van der Waals surface area contributed by atoms with Gasteiger partial charge in [0.05, 0.1) is 19.6 Å². The number of carbonyl (C=O) groups is 3. The summed E-state index contributed by atoms with van der Waals surface area (Å²) in [6.07, 6.45) is 4.03. The Kier molecular flexibility index (Phi) is 6.54. The minimum Gasteiger partial charge on any atom is -0.469 e. The zero-order valence-corrected chi connectivity index (χ0v) is 21.6. The van der Waals surface area contributed by atoms with Gasteiger partial charge in [-0.3, -0.25) is 19.4 Å². The van der Waals surface area contributed by atoms with Crippen LogP contribution >= 0.6 is 0 Å². The summed E-state index contributed by atoms with van der Waals surface area (Å²) in [5.41, 5.74) is 6.63. The van der Waals surface area contributed by atoms with Gasteiger partial charge in [0.2, 0.25) is 5.91 Å². The average Bonchev–Trinajstić information content (AvgIpc) is 3.37. The van der Waals surface area contributed by atoms with Crippen LogP contribution < -0.4 is 0 Å². The highest BCUT2D eigenvalue weighted by Gasteiger charge is 2.47. The van der Waals surface area contributed by atoms with Crippen LogP contribution in [0.3, 0.4) is 0 Å². The molecule has 0 bridgehead atoms. The monoisotopic (exact) mass is 497 g/mol. The maximum Gasteiger partial charge on any atom is 0.307 e. The normalized spacial score (nSPS) is 19.8. The molecule has 0 spiro atoms. The number of aryl methyl sites for hydroxylation is 2. The van der Waals surface area contributed by atoms with Crippen LogP contribution in [0.4, 0.5) is 0 Å². The van der Waals surface area contributed by atoms with E-state index in [2.05, 4.69) is 31.0 Å². The van der Waals surface area contributed by atoms with Crippen molar-refractivity contribution in [1.82, 2.24) is 14.8 Å². The molecule has 1 saturated heterocycles. The van der Waals surface area contributed by atoms with Gasteiger partial charge in [-0.15, -0.1) is 0 Å². The molecule has 2 aromatic carbocycles. The molecule has 0 saturated carbocycles. The summed E-state index contributed by atoms with van der Waals surface area (Å²) < 4.78 is 5.01. The van der Waals surface area contributed by atoms with E-state index in [1.54, 1.807) is 16.0 Å². The van der Waals surface area contributed by atoms with E-state index in [0.717, 1.165) is 33.4 Å². The first-order chi connectivity index (χ1) is 17.8. The van der Waals surface area contributed by atoms with Gasteiger partial charge in [0.25, 0.3) is 5.91 Å². The second-order valence-electron chi connectivity index (χ2n) is 10.0. The molecule has 2 aliphatic heterocycles. The van der Waals surface area contributed by atoms with Gasteiger partial charge in [-0.1, -0.05) is 36.4 Å². The van der Waals surface area contributed by atoms with Crippen LogP contribution in [0.2, 0.25) is 0 Å². The molecule has 1 aromatic heterocycles. The number of hydrogen-bond donors (Lipinski definition) is 0. The van der Waals surface area contributed by atoms with Crippen LogP contribution in [0.5, 0.6) is 0 Å². The quantitative estimate of drug-likeness (QED) is 0.465. The number of esters is 1. The highest BCUT2D eigenvalue weighted by atomic mass is 16.5. The number of hydrogen-bond acceptors (Lipinski definition) is 5. The van der Waals surface area contributed by atoms with E-state index < -0.39 is 18.1 Å². The summed E-state index contributed by atoms with van der Waals surface area (Å²) in [6.45, 7) is 6.50. The average molecular weight is 498 g/mol. The lowest BCUT2D eigenvalue weighted by Gasteiger charge is -2.32. The van der Waals surface area contributed by atoms with Crippen molar-refractivity contribution in [3.05, 3.63) is 88.7 Å². The summed E-state index contributed by atoms with van der Waals surface area (Å²) in [5, 5.41) is 0. The van der Waals surface area contributed by atoms with Gasteiger partial charge in [-0.2, -0.15) is 0 Å². The van der Waals surface area contributed by atoms with E-state index in [0.29, 0.717) is 18.5 Å². The number of rotatable bonds is 6. The van der Waals surface area contributed by atoms with E-state index in [1.807, 2.05) is 49.5 Å². The molecule has 3 aromatic rings. The first-order valence-corrected chi connectivity index (χ1v) is 12.6. The lowest BCUT2D eigenvalue weighted by atomic mass is 9.94. The van der Waals surface area contributed by atoms with E-state index >= 15 is 0 Å². The van der Waals surface area contributed by atoms with Crippen LogP contribution in [-0.4, -0.2) is 51.8 Å².